The van der Waals surface area contributed by atoms with Gasteiger partial charge in [0, 0.05) is 10.8 Å². The summed E-state index contributed by atoms with van der Waals surface area (Å²) in [6.07, 6.45) is 4.60. The van der Waals surface area contributed by atoms with Crippen molar-refractivity contribution >= 4 is 23.6 Å². The van der Waals surface area contributed by atoms with Crippen LogP contribution >= 0.6 is 11.8 Å². The number of nitrogens with two attached hydrogens (primary N) is 1. The van der Waals surface area contributed by atoms with Crippen molar-refractivity contribution in [2.45, 2.75) is 63.3 Å². The van der Waals surface area contributed by atoms with Crippen LogP contribution in [0.5, 0.6) is 0 Å². The van der Waals surface area contributed by atoms with Gasteiger partial charge in [0.15, 0.2) is 0 Å². The third kappa shape index (κ3) is 4.98. The lowest BCUT2D eigenvalue weighted by Gasteiger charge is -2.31. The average molecular weight is 302 g/mol. The predicted octanol–water partition coefficient (Wildman–Crippen LogP) is 1.60. The molecule has 0 spiro atoms. The van der Waals surface area contributed by atoms with Gasteiger partial charge in [-0.15, -0.1) is 11.8 Å². The highest BCUT2D eigenvalue weighted by Gasteiger charge is 2.33. The molecule has 1 rings (SSSR count). The van der Waals surface area contributed by atoms with Gasteiger partial charge in [0.2, 0.25) is 5.91 Å². The van der Waals surface area contributed by atoms with E-state index in [1.165, 1.54) is 18.2 Å². The second-order valence-electron chi connectivity index (χ2n) is 6.14. The molecule has 20 heavy (non-hydrogen) atoms. The van der Waals surface area contributed by atoms with Crippen LogP contribution in [0.3, 0.4) is 0 Å². The van der Waals surface area contributed by atoms with Crippen molar-refractivity contribution in [1.82, 2.24) is 5.32 Å². The monoisotopic (exact) mass is 302 g/mol. The fraction of sp³-hybridized carbons (Fsp3) is 0.857. The minimum Gasteiger partial charge on any atom is -0.480 e. The number of carbonyl (C=O) groups is 2. The minimum atomic E-state index is -1.04. The van der Waals surface area contributed by atoms with E-state index in [2.05, 4.69) is 12.2 Å². The van der Waals surface area contributed by atoms with Crippen molar-refractivity contribution in [2.75, 3.05) is 5.75 Å². The Morgan fingerprint density at radius 3 is 2.55 bits per heavy atom. The number of hydrogen-bond donors (Lipinski definition) is 3. The third-order valence-electron chi connectivity index (χ3n) is 4.05. The summed E-state index contributed by atoms with van der Waals surface area (Å²) in [5.74, 6) is -0.299. The standard InChI is InChI=1S/C14H26N2O3S/c1-9-6-4-5-7-10(9)16-11(17)8-20-14(2,3)12(15)13(18)19/h9-10,12H,4-8,15H2,1-3H3,(H,16,17)(H,18,19)/t9?,10?,12-/m0/s1. The first kappa shape index (κ1) is 17.3. The molecule has 0 heterocycles. The second-order valence-corrected chi connectivity index (χ2v) is 7.77. The topological polar surface area (TPSA) is 92.4 Å². The Hall–Kier alpha value is -0.750. The molecule has 1 amide bonds. The highest BCUT2D eigenvalue weighted by molar-refractivity contribution is 8.01. The summed E-state index contributed by atoms with van der Waals surface area (Å²) in [5.41, 5.74) is 5.63. The maximum Gasteiger partial charge on any atom is 0.321 e. The van der Waals surface area contributed by atoms with Gasteiger partial charge in [-0.05, 0) is 32.6 Å². The summed E-state index contributed by atoms with van der Waals surface area (Å²) in [6, 6.07) is -0.720. The average Bonchev–Trinajstić information content (AvgIpc) is 2.38. The van der Waals surface area contributed by atoms with Crippen molar-refractivity contribution < 1.29 is 14.7 Å². The molecule has 1 aliphatic rings. The van der Waals surface area contributed by atoms with E-state index in [0.717, 1.165) is 19.3 Å². The number of hydrogen-bond acceptors (Lipinski definition) is 4. The van der Waals surface area contributed by atoms with Crippen LogP contribution in [0.1, 0.15) is 46.5 Å². The Labute approximate surface area is 125 Å². The molecule has 116 valence electrons. The molecule has 2 unspecified atom stereocenters. The lowest BCUT2D eigenvalue weighted by atomic mass is 9.86. The van der Waals surface area contributed by atoms with Crippen molar-refractivity contribution in [3.63, 3.8) is 0 Å². The molecule has 1 aliphatic carbocycles. The molecule has 5 nitrogen and oxygen atoms in total. The highest BCUT2D eigenvalue weighted by atomic mass is 32.2. The summed E-state index contributed by atoms with van der Waals surface area (Å²) in [6.45, 7) is 5.68. The van der Waals surface area contributed by atoms with E-state index in [-0.39, 0.29) is 17.7 Å². The second kappa shape index (κ2) is 7.31. The van der Waals surface area contributed by atoms with Gasteiger partial charge in [0.25, 0.3) is 0 Å². The number of nitrogens with one attached hydrogen (secondary N) is 1. The van der Waals surface area contributed by atoms with Gasteiger partial charge < -0.3 is 16.2 Å². The summed E-state index contributed by atoms with van der Waals surface area (Å²) < 4.78 is -0.665. The molecule has 0 radical (unpaired) electrons. The number of carboxylic acid groups (broad SMARTS) is 1. The van der Waals surface area contributed by atoms with Gasteiger partial charge in [-0.25, -0.2) is 0 Å². The molecular weight excluding hydrogens is 276 g/mol. The molecule has 6 heteroatoms. The van der Waals surface area contributed by atoms with Gasteiger partial charge in [-0.3, -0.25) is 9.59 Å². The Bertz CT molecular complexity index is 360. The van der Waals surface area contributed by atoms with E-state index in [0.29, 0.717) is 5.92 Å². The molecule has 1 fully saturated rings. The number of aliphatic carboxylic acids is 1. The van der Waals surface area contributed by atoms with E-state index < -0.39 is 16.8 Å². The predicted molar refractivity (Wildman–Crippen MR) is 81.7 cm³/mol. The van der Waals surface area contributed by atoms with Crippen molar-refractivity contribution in [2.24, 2.45) is 11.7 Å². The minimum absolute atomic E-state index is 0.0283. The summed E-state index contributed by atoms with van der Waals surface area (Å²) >= 11 is 1.30. The zero-order valence-electron chi connectivity index (χ0n) is 12.5. The van der Waals surface area contributed by atoms with Crippen LogP contribution in [0.25, 0.3) is 0 Å². The van der Waals surface area contributed by atoms with Crippen LogP contribution in [0.15, 0.2) is 0 Å². The van der Waals surface area contributed by atoms with Gasteiger partial charge in [-0.2, -0.15) is 0 Å². The maximum atomic E-state index is 12.0. The molecule has 1 saturated carbocycles. The van der Waals surface area contributed by atoms with Crippen LogP contribution in [0, 0.1) is 5.92 Å². The first-order valence-corrected chi connectivity index (χ1v) is 8.14. The van der Waals surface area contributed by atoms with Crippen LogP contribution < -0.4 is 11.1 Å². The van der Waals surface area contributed by atoms with Crippen LogP contribution in [0.2, 0.25) is 0 Å². The molecule has 0 aromatic heterocycles. The summed E-state index contributed by atoms with van der Waals surface area (Å²) in [5, 5.41) is 12.0. The first-order chi connectivity index (χ1) is 9.24. The largest absolute Gasteiger partial charge is 0.480 e. The molecule has 0 aliphatic heterocycles. The molecule has 3 atom stereocenters. The van der Waals surface area contributed by atoms with Crippen molar-refractivity contribution in [3.05, 3.63) is 0 Å². The Morgan fingerprint density at radius 2 is 2.00 bits per heavy atom. The fourth-order valence-electron chi connectivity index (χ4n) is 2.42. The molecule has 0 aromatic carbocycles. The van der Waals surface area contributed by atoms with Crippen molar-refractivity contribution in [3.8, 4) is 0 Å². The molecular formula is C14H26N2O3S. The maximum absolute atomic E-state index is 12.0. The van der Waals surface area contributed by atoms with Gasteiger partial charge in [-0.1, -0.05) is 19.8 Å². The summed E-state index contributed by atoms with van der Waals surface area (Å²) in [4.78, 5) is 22.9. The number of amides is 1. The van der Waals surface area contributed by atoms with E-state index in [1.54, 1.807) is 13.8 Å². The lowest BCUT2D eigenvalue weighted by Crippen LogP contribution is -2.48. The third-order valence-corrected chi connectivity index (χ3v) is 5.45. The molecule has 0 saturated heterocycles. The van der Waals surface area contributed by atoms with Crippen LogP contribution in [-0.2, 0) is 9.59 Å². The van der Waals surface area contributed by atoms with E-state index in [1.807, 2.05) is 0 Å². The van der Waals surface area contributed by atoms with Gasteiger partial charge >= 0.3 is 5.97 Å². The smallest absolute Gasteiger partial charge is 0.321 e. The zero-order chi connectivity index (χ0) is 15.3. The quantitative estimate of drug-likeness (QED) is 0.693. The zero-order valence-corrected chi connectivity index (χ0v) is 13.3. The van der Waals surface area contributed by atoms with E-state index in [9.17, 15) is 9.59 Å². The van der Waals surface area contributed by atoms with Gasteiger partial charge in [0.05, 0.1) is 5.75 Å². The summed E-state index contributed by atoms with van der Waals surface area (Å²) in [7, 11) is 0. The number of rotatable bonds is 6. The van der Waals surface area contributed by atoms with Gasteiger partial charge in [0.1, 0.15) is 6.04 Å². The Morgan fingerprint density at radius 1 is 1.40 bits per heavy atom. The molecule has 4 N–H and O–H groups in total. The van der Waals surface area contributed by atoms with E-state index >= 15 is 0 Å². The SMILES string of the molecule is CC1CCCCC1NC(=O)CSC(C)(C)[C@@H](N)C(=O)O. The fourth-order valence-corrected chi connectivity index (χ4v) is 3.28. The number of carboxylic acids is 1. The normalized spacial score (nSPS) is 25.0. The number of carbonyl (C=O) groups excluding carboxylic acids is 1. The lowest BCUT2D eigenvalue weighted by molar-refractivity contribution is -0.139. The molecule has 0 aromatic rings. The van der Waals surface area contributed by atoms with Crippen LogP contribution in [0.4, 0.5) is 0 Å². The van der Waals surface area contributed by atoms with Crippen molar-refractivity contribution in [1.29, 1.82) is 0 Å². The van der Waals surface area contributed by atoms with E-state index in [4.69, 9.17) is 10.8 Å². The Kier molecular flexibility index (Phi) is 6.33. The first-order valence-electron chi connectivity index (χ1n) is 7.15. The molecule has 0 bridgehead atoms. The number of thioether (sulfide) groups is 1. The Balaban J connectivity index is 2.41. The van der Waals surface area contributed by atoms with Crippen LogP contribution in [-0.4, -0.2) is 39.6 Å². The highest BCUT2D eigenvalue weighted by Crippen LogP contribution is 2.28.